The monoisotopic (exact) mass is 453 g/mol. The minimum Gasteiger partial charge on any atom is -0.488 e. The third kappa shape index (κ3) is 5.36. The molecule has 1 aliphatic heterocycles. The van der Waals surface area contributed by atoms with Gasteiger partial charge in [0, 0.05) is 21.8 Å². The van der Waals surface area contributed by atoms with Gasteiger partial charge in [-0.3, -0.25) is 4.79 Å². The van der Waals surface area contributed by atoms with Crippen molar-refractivity contribution in [2.75, 3.05) is 26.0 Å². The van der Waals surface area contributed by atoms with Crippen molar-refractivity contribution in [3.05, 3.63) is 63.7 Å². The number of halogens is 1. The predicted octanol–water partition coefficient (Wildman–Crippen LogP) is 6.36. The average molecular weight is 454 g/mol. The van der Waals surface area contributed by atoms with Crippen molar-refractivity contribution < 1.29 is 14.0 Å². The van der Waals surface area contributed by atoms with Gasteiger partial charge in [-0.2, -0.15) is 0 Å². The van der Waals surface area contributed by atoms with Crippen LogP contribution < -0.4 is 10.1 Å². The van der Waals surface area contributed by atoms with Gasteiger partial charge in [-0.05, 0) is 68.5 Å². The number of rotatable bonds is 5. The van der Waals surface area contributed by atoms with Crippen molar-refractivity contribution in [3.63, 3.8) is 0 Å². The molecule has 0 bridgehead atoms. The minimum atomic E-state index is -0.143. The maximum atomic E-state index is 12.8. The maximum absolute atomic E-state index is 12.8. The Bertz CT molecular complexity index is 1000. The fourth-order valence-electron chi connectivity index (χ4n) is 5.03. The fraction of sp³-hybridized carbons (Fsp3) is 0.444. The number of quaternary nitrogens is 1. The molecular formula is C27H34ClN2O2+. The molecule has 1 N–H and O–H groups in total. The molecule has 1 saturated carbocycles. The van der Waals surface area contributed by atoms with E-state index in [9.17, 15) is 4.79 Å². The second kappa shape index (κ2) is 9.68. The van der Waals surface area contributed by atoms with E-state index < -0.39 is 0 Å². The number of hydrogen-bond acceptors (Lipinski definition) is 2. The number of hydrogen-bond donors (Lipinski definition) is 1. The Morgan fingerprint density at radius 3 is 2.47 bits per heavy atom. The van der Waals surface area contributed by atoms with Gasteiger partial charge in [0.2, 0.25) is 0 Å². The molecule has 32 heavy (non-hydrogen) atoms. The Hall–Kier alpha value is -2.30. The van der Waals surface area contributed by atoms with Crippen LogP contribution in [0.2, 0.25) is 5.02 Å². The van der Waals surface area contributed by atoms with Gasteiger partial charge in [-0.15, -0.1) is 0 Å². The molecule has 2 aromatic carbocycles. The fourth-order valence-corrected chi connectivity index (χ4v) is 5.31. The normalized spacial score (nSPS) is 17.1. The lowest BCUT2D eigenvalue weighted by molar-refractivity contribution is -0.928. The van der Waals surface area contributed by atoms with Crippen molar-refractivity contribution >= 4 is 29.3 Å². The molecule has 5 heteroatoms. The number of carbonyl (C=O) groups excluding carboxylic acids is 1. The summed E-state index contributed by atoms with van der Waals surface area (Å²) in [7, 11) is 4.71. The standard InChI is InChI=1S/C27H33ClN2O2/c1-19-14-23(28)16-21-15-22(18-32-26(19)21)27(31)29-24-12-10-20(11-13-24)17-30(2,3)25-8-6-4-5-7-9-25/h10-16,25H,4-9,17-18H2,1-3H3/p+1. The molecule has 1 aliphatic carbocycles. The van der Waals surface area contributed by atoms with Gasteiger partial charge in [0.05, 0.1) is 25.7 Å². The highest BCUT2D eigenvalue weighted by molar-refractivity contribution is 6.31. The van der Waals surface area contributed by atoms with Gasteiger partial charge < -0.3 is 14.5 Å². The van der Waals surface area contributed by atoms with E-state index in [0.29, 0.717) is 10.6 Å². The molecule has 0 spiro atoms. The summed E-state index contributed by atoms with van der Waals surface area (Å²) in [6, 6.07) is 12.7. The molecule has 1 fully saturated rings. The average Bonchev–Trinajstić information content (AvgIpc) is 3.05. The van der Waals surface area contributed by atoms with Gasteiger partial charge in [0.1, 0.15) is 18.9 Å². The number of nitrogens with one attached hydrogen (secondary N) is 1. The summed E-state index contributed by atoms with van der Waals surface area (Å²) in [5, 5.41) is 3.65. The quantitative estimate of drug-likeness (QED) is 0.422. The summed E-state index contributed by atoms with van der Waals surface area (Å²) < 4.78 is 6.86. The van der Waals surface area contributed by atoms with Crippen LogP contribution in [0.1, 0.15) is 55.2 Å². The zero-order valence-electron chi connectivity index (χ0n) is 19.4. The number of aryl methyl sites for hydroxylation is 1. The first-order valence-corrected chi connectivity index (χ1v) is 12.1. The van der Waals surface area contributed by atoms with Crippen molar-refractivity contribution in [2.45, 2.75) is 58.0 Å². The first-order chi connectivity index (χ1) is 15.3. The van der Waals surface area contributed by atoms with E-state index in [0.717, 1.165) is 39.6 Å². The number of benzene rings is 2. The Kier molecular flexibility index (Phi) is 6.92. The summed E-state index contributed by atoms with van der Waals surface area (Å²) in [4.78, 5) is 12.8. The molecule has 0 saturated heterocycles. The van der Waals surface area contributed by atoms with E-state index in [-0.39, 0.29) is 12.5 Å². The van der Waals surface area contributed by atoms with Crippen molar-refractivity contribution in [2.24, 2.45) is 0 Å². The van der Waals surface area contributed by atoms with Crippen molar-refractivity contribution in [1.29, 1.82) is 0 Å². The highest BCUT2D eigenvalue weighted by Gasteiger charge is 2.29. The summed E-state index contributed by atoms with van der Waals surface area (Å²) in [5.41, 5.74) is 4.52. The molecule has 4 rings (SSSR count). The lowest BCUT2D eigenvalue weighted by atomic mass is 10.0. The Morgan fingerprint density at radius 1 is 1.09 bits per heavy atom. The minimum absolute atomic E-state index is 0.143. The summed E-state index contributed by atoms with van der Waals surface area (Å²) >= 11 is 6.17. The van der Waals surface area contributed by atoms with Gasteiger partial charge in [-0.1, -0.05) is 36.6 Å². The molecule has 0 aromatic heterocycles. The lowest BCUT2D eigenvalue weighted by Crippen LogP contribution is -2.47. The zero-order chi connectivity index (χ0) is 22.7. The van der Waals surface area contributed by atoms with E-state index in [1.807, 2.05) is 37.3 Å². The number of carbonyl (C=O) groups is 1. The Labute approximate surface area is 196 Å². The third-order valence-corrected chi connectivity index (χ3v) is 7.09. The number of amides is 1. The van der Waals surface area contributed by atoms with Crippen LogP contribution >= 0.6 is 11.6 Å². The van der Waals surface area contributed by atoms with E-state index in [4.69, 9.17) is 16.3 Å². The molecule has 170 valence electrons. The van der Waals surface area contributed by atoms with Gasteiger partial charge >= 0.3 is 0 Å². The highest BCUT2D eigenvalue weighted by atomic mass is 35.5. The predicted molar refractivity (Wildman–Crippen MR) is 132 cm³/mol. The SMILES string of the molecule is Cc1cc(Cl)cc2c1OCC(C(=O)Nc1ccc(C[N+](C)(C)C3CCCCCC3)cc1)=C2. The van der Waals surface area contributed by atoms with E-state index in [2.05, 4.69) is 31.5 Å². The topological polar surface area (TPSA) is 38.3 Å². The van der Waals surface area contributed by atoms with Crippen LogP contribution in [0.3, 0.4) is 0 Å². The molecule has 4 nitrogen and oxygen atoms in total. The molecule has 2 aliphatic rings. The van der Waals surface area contributed by atoms with Crippen LogP contribution in [0.5, 0.6) is 5.75 Å². The van der Waals surface area contributed by atoms with Crippen LogP contribution in [0.4, 0.5) is 5.69 Å². The molecule has 2 aromatic rings. The summed E-state index contributed by atoms with van der Waals surface area (Å²) in [6.07, 6.45) is 9.99. The second-order valence-corrected chi connectivity index (χ2v) is 10.3. The van der Waals surface area contributed by atoms with Gasteiger partial charge in [0.25, 0.3) is 5.91 Å². The lowest BCUT2D eigenvalue weighted by Gasteiger charge is -2.38. The van der Waals surface area contributed by atoms with E-state index in [1.165, 1.54) is 44.1 Å². The van der Waals surface area contributed by atoms with Crippen molar-refractivity contribution in [1.82, 2.24) is 0 Å². The molecule has 1 heterocycles. The first kappa shape index (κ1) is 22.9. The Morgan fingerprint density at radius 2 is 1.78 bits per heavy atom. The van der Waals surface area contributed by atoms with Crippen LogP contribution in [0.25, 0.3) is 6.08 Å². The zero-order valence-corrected chi connectivity index (χ0v) is 20.2. The summed E-state index contributed by atoms with van der Waals surface area (Å²) in [6.45, 7) is 3.22. The third-order valence-electron chi connectivity index (χ3n) is 6.88. The largest absolute Gasteiger partial charge is 0.488 e. The number of anilines is 1. The first-order valence-electron chi connectivity index (χ1n) is 11.7. The molecule has 0 radical (unpaired) electrons. The van der Waals surface area contributed by atoms with Crippen LogP contribution in [-0.2, 0) is 11.3 Å². The van der Waals surface area contributed by atoms with E-state index in [1.54, 1.807) is 0 Å². The van der Waals surface area contributed by atoms with E-state index >= 15 is 0 Å². The number of ether oxygens (including phenoxy) is 1. The number of fused-ring (bicyclic) bond motifs is 1. The smallest absolute Gasteiger partial charge is 0.255 e. The van der Waals surface area contributed by atoms with Crippen LogP contribution in [-0.4, -0.2) is 37.1 Å². The maximum Gasteiger partial charge on any atom is 0.255 e. The highest BCUT2D eigenvalue weighted by Crippen LogP contribution is 2.33. The molecule has 0 atom stereocenters. The Balaban J connectivity index is 1.40. The van der Waals surface area contributed by atoms with Crippen molar-refractivity contribution in [3.8, 4) is 5.75 Å². The molecule has 1 amide bonds. The molecular weight excluding hydrogens is 420 g/mol. The van der Waals surface area contributed by atoms with Crippen LogP contribution in [0.15, 0.2) is 42.0 Å². The van der Waals surface area contributed by atoms with Crippen LogP contribution in [0, 0.1) is 6.92 Å². The molecule has 0 unspecified atom stereocenters. The second-order valence-electron chi connectivity index (χ2n) is 9.83. The van der Waals surface area contributed by atoms with Gasteiger partial charge in [-0.25, -0.2) is 0 Å². The summed E-state index contributed by atoms with van der Waals surface area (Å²) in [5.74, 6) is 0.653. The number of nitrogens with zero attached hydrogens (tertiary/aromatic N) is 1. The van der Waals surface area contributed by atoms with Gasteiger partial charge in [0.15, 0.2) is 0 Å².